The first kappa shape index (κ1) is 16.0. The van der Waals surface area contributed by atoms with Crippen LogP contribution in [0.1, 0.15) is 29.0 Å². The van der Waals surface area contributed by atoms with Crippen molar-refractivity contribution in [2.75, 3.05) is 12.4 Å². The first-order chi connectivity index (χ1) is 12.3. The zero-order chi connectivity index (χ0) is 17.2. The topological polar surface area (TPSA) is 30.5 Å². The first-order valence-corrected chi connectivity index (χ1v) is 8.53. The van der Waals surface area contributed by atoms with E-state index in [1.165, 1.54) is 0 Å². The summed E-state index contributed by atoms with van der Waals surface area (Å²) in [6.45, 7) is 0. The summed E-state index contributed by atoms with van der Waals surface area (Å²) in [5.41, 5.74) is 4.10. The summed E-state index contributed by atoms with van der Waals surface area (Å²) in [5.74, 6) is 0.796. The number of benzene rings is 3. The minimum atomic E-state index is -0.310. The lowest BCUT2D eigenvalue weighted by molar-refractivity contribution is 0.0145. The highest BCUT2D eigenvalue weighted by molar-refractivity contribution is 6.30. The predicted molar refractivity (Wildman–Crippen MR) is 100 cm³/mol. The van der Waals surface area contributed by atoms with E-state index in [9.17, 15) is 0 Å². The summed E-state index contributed by atoms with van der Waals surface area (Å²) in [6.07, 6.45) is -0.513. The maximum atomic E-state index is 6.43. The van der Waals surface area contributed by atoms with Crippen molar-refractivity contribution in [2.24, 2.45) is 0 Å². The number of para-hydroxylation sites is 1. The second-order valence-corrected chi connectivity index (χ2v) is 6.36. The van der Waals surface area contributed by atoms with Gasteiger partial charge in [0.25, 0.3) is 0 Å². The molecule has 3 aromatic carbocycles. The highest BCUT2D eigenvalue weighted by Crippen LogP contribution is 2.43. The van der Waals surface area contributed by atoms with Crippen molar-refractivity contribution in [1.82, 2.24) is 0 Å². The van der Waals surface area contributed by atoms with Gasteiger partial charge >= 0.3 is 0 Å². The molecule has 0 fully saturated rings. The molecule has 0 amide bonds. The molecule has 3 nitrogen and oxygen atoms in total. The van der Waals surface area contributed by atoms with E-state index < -0.39 is 0 Å². The molecule has 0 unspecified atom stereocenters. The van der Waals surface area contributed by atoms with Crippen LogP contribution in [-0.2, 0) is 4.74 Å². The fourth-order valence-electron chi connectivity index (χ4n) is 3.19. The van der Waals surface area contributed by atoms with Crippen LogP contribution in [0, 0.1) is 0 Å². The van der Waals surface area contributed by atoms with E-state index in [0.717, 1.165) is 28.1 Å². The molecule has 0 aliphatic carbocycles. The summed E-state index contributed by atoms with van der Waals surface area (Å²) in [5, 5.41) is 4.15. The number of fused-ring (bicyclic) bond motifs is 1. The smallest absolute Gasteiger partial charge is 0.158 e. The van der Waals surface area contributed by atoms with E-state index in [-0.39, 0.29) is 12.3 Å². The van der Waals surface area contributed by atoms with Crippen molar-refractivity contribution in [2.45, 2.75) is 12.3 Å². The standard InChI is InChI=1S/C21H18ClNO2/c1-24-19-10-6-5-9-16(19)21-23-18-12-11-15(22)13-17(18)20(25-21)14-7-3-2-4-8-14/h2-13,20-21,23H,1H3/t20-,21+/m0/s1. The van der Waals surface area contributed by atoms with Crippen molar-refractivity contribution >= 4 is 17.3 Å². The average molecular weight is 352 g/mol. The quantitative estimate of drug-likeness (QED) is 0.668. The third-order valence-corrected chi connectivity index (χ3v) is 4.61. The molecule has 25 heavy (non-hydrogen) atoms. The summed E-state index contributed by atoms with van der Waals surface area (Å²) in [6, 6.07) is 23.9. The lowest BCUT2D eigenvalue weighted by Crippen LogP contribution is -2.25. The number of hydrogen-bond donors (Lipinski definition) is 1. The Balaban J connectivity index is 1.80. The Labute approximate surface area is 152 Å². The van der Waals surface area contributed by atoms with E-state index in [2.05, 4.69) is 17.4 Å². The maximum Gasteiger partial charge on any atom is 0.158 e. The third kappa shape index (κ3) is 3.09. The van der Waals surface area contributed by atoms with Gasteiger partial charge in [0.05, 0.1) is 7.11 Å². The molecule has 2 atom stereocenters. The zero-order valence-electron chi connectivity index (χ0n) is 13.8. The van der Waals surface area contributed by atoms with Gasteiger partial charge < -0.3 is 14.8 Å². The van der Waals surface area contributed by atoms with Gasteiger partial charge in [0.1, 0.15) is 11.9 Å². The molecular weight excluding hydrogens is 334 g/mol. The first-order valence-electron chi connectivity index (χ1n) is 8.15. The number of hydrogen-bond acceptors (Lipinski definition) is 3. The van der Waals surface area contributed by atoms with Crippen molar-refractivity contribution in [3.8, 4) is 5.75 Å². The lowest BCUT2D eigenvalue weighted by atomic mass is 9.97. The van der Waals surface area contributed by atoms with Crippen LogP contribution in [0.5, 0.6) is 5.75 Å². The number of halogens is 1. The van der Waals surface area contributed by atoms with Crippen molar-refractivity contribution in [3.05, 3.63) is 94.5 Å². The number of nitrogens with one attached hydrogen (secondary N) is 1. The summed E-state index contributed by atoms with van der Waals surface area (Å²) in [4.78, 5) is 0. The van der Waals surface area contributed by atoms with Crippen molar-refractivity contribution in [3.63, 3.8) is 0 Å². The summed E-state index contributed by atoms with van der Waals surface area (Å²) < 4.78 is 11.9. The predicted octanol–water partition coefficient (Wildman–Crippen LogP) is 5.58. The van der Waals surface area contributed by atoms with E-state index in [4.69, 9.17) is 21.1 Å². The van der Waals surface area contributed by atoms with Crippen LogP contribution in [0.3, 0.4) is 0 Å². The molecule has 1 N–H and O–H groups in total. The Kier molecular flexibility index (Phi) is 4.35. The fraction of sp³-hybridized carbons (Fsp3) is 0.143. The molecule has 3 aromatic rings. The van der Waals surface area contributed by atoms with Gasteiger partial charge in [0, 0.05) is 21.8 Å². The number of anilines is 1. The van der Waals surface area contributed by atoms with Crippen LogP contribution in [0.4, 0.5) is 5.69 Å². The second kappa shape index (κ2) is 6.79. The number of ether oxygens (including phenoxy) is 2. The molecule has 4 rings (SSSR count). The van der Waals surface area contributed by atoms with Crippen LogP contribution >= 0.6 is 11.6 Å². The zero-order valence-corrected chi connectivity index (χ0v) is 14.5. The van der Waals surface area contributed by atoms with Crippen LogP contribution in [-0.4, -0.2) is 7.11 Å². The molecule has 0 radical (unpaired) electrons. The van der Waals surface area contributed by atoms with Crippen molar-refractivity contribution in [1.29, 1.82) is 0 Å². The van der Waals surface area contributed by atoms with E-state index in [1.807, 2.05) is 60.7 Å². The molecule has 0 spiro atoms. The Morgan fingerprint density at radius 2 is 1.68 bits per heavy atom. The van der Waals surface area contributed by atoms with Gasteiger partial charge in [-0.3, -0.25) is 0 Å². The molecule has 0 bridgehead atoms. The SMILES string of the molecule is COc1ccccc1[C@@H]1Nc2ccc(Cl)cc2[C@H](c2ccccc2)O1. The van der Waals surface area contributed by atoms with Gasteiger partial charge in [-0.15, -0.1) is 0 Å². The van der Waals surface area contributed by atoms with Crippen molar-refractivity contribution < 1.29 is 9.47 Å². The minimum absolute atomic E-state index is 0.203. The molecule has 1 heterocycles. The van der Waals surface area contributed by atoms with Gasteiger partial charge in [-0.1, -0.05) is 60.1 Å². The minimum Gasteiger partial charge on any atom is -0.496 e. The van der Waals surface area contributed by atoms with Gasteiger partial charge in [-0.2, -0.15) is 0 Å². The molecular formula is C21H18ClNO2. The van der Waals surface area contributed by atoms with Crippen LogP contribution in [0.2, 0.25) is 5.02 Å². The molecule has 1 aliphatic rings. The molecule has 0 saturated carbocycles. The Morgan fingerprint density at radius 1 is 0.920 bits per heavy atom. The van der Waals surface area contributed by atoms with Gasteiger partial charge in [0.2, 0.25) is 0 Å². The highest BCUT2D eigenvalue weighted by Gasteiger charge is 2.30. The van der Waals surface area contributed by atoms with E-state index in [1.54, 1.807) is 7.11 Å². The lowest BCUT2D eigenvalue weighted by Gasteiger charge is -2.34. The largest absolute Gasteiger partial charge is 0.496 e. The van der Waals surface area contributed by atoms with Crippen LogP contribution in [0.25, 0.3) is 0 Å². The molecule has 1 aliphatic heterocycles. The molecule has 126 valence electrons. The highest BCUT2D eigenvalue weighted by atomic mass is 35.5. The normalized spacial score (nSPS) is 19.0. The second-order valence-electron chi connectivity index (χ2n) is 5.92. The molecule has 4 heteroatoms. The monoisotopic (exact) mass is 351 g/mol. The van der Waals surface area contributed by atoms with Gasteiger partial charge in [-0.05, 0) is 29.8 Å². The Morgan fingerprint density at radius 3 is 2.48 bits per heavy atom. The van der Waals surface area contributed by atoms with Crippen LogP contribution < -0.4 is 10.1 Å². The molecule has 0 aromatic heterocycles. The summed E-state index contributed by atoms with van der Waals surface area (Å²) >= 11 is 6.23. The Hall–Kier alpha value is -2.49. The number of methoxy groups -OCH3 is 1. The van der Waals surface area contributed by atoms with E-state index in [0.29, 0.717) is 5.02 Å². The molecule has 0 saturated heterocycles. The number of rotatable bonds is 3. The summed E-state index contributed by atoms with van der Waals surface area (Å²) in [7, 11) is 1.67. The van der Waals surface area contributed by atoms with Crippen LogP contribution in [0.15, 0.2) is 72.8 Å². The third-order valence-electron chi connectivity index (χ3n) is 4.38. The van der Waals surface area contributed by atoms with E-state index >= 15 is 0 Å². The van der Waals surface area contributed by atoms with Gasteiger partial charge in [0.15, 0.2) is 6.23 Å². The van der Waals surface area contributed by atoms with Gasteiger partial charge in [-0.25, -0.2) is 0 Å². The maximum absolute atomic E-state index is 6.43. The Bertz CT molecular complexity index is 882. The fourth-order valence-corrected chi connectivity index (χ4v) is 3.37. The average Bonchev–Trinajstić information content (AvgIpc) is 2.68.